The molecule has 3 N–H and O–H groups in total. The molecule has 10 nitrogen and oxygen atoms in total. The fraction of sp³-hybridized carbons (Fsp3) is 0.257. The van der Waals surface area contributed by atoms with Gasteiger partial charge in [-0.25, -0.2) is 19.2 Å². The molecule has 5 aromatic rings. The molecule has 0 aliphatic carbocycles. The molecule has 0 spiro atoms. The standard InChI is InChI=1S/C35H34FN5O5/c1-21(42)18-23-6-10-26(20-28(23)36)38-34(43)37-25-8-4-22(5-9-25)32-39-29-19-24(30-12-13-31(46-30)35(2,3)44)7-11-27(29)33(40-32)41-14-16-45-17-15-41/h4-13,19-20,44H,14-18H2,1-3H3,(H2,37,38,43). The van der Waals surface area contributed by atoms with Crippen molar-refractivity contribution < 1.29 is 28.2 Å². The maximum atomic E-state index is 14.3. The number of aliphatic hydroxyl groups is 1. The number of carbonyl (C=O) groups is 2. The van der Waals surface area contributed by atoms with Crippen molar-refractivity contribution >= 4 is 39.9 Å². The summed E-state index contributed by atoms with van der Waals surface area (Å²) in [5.41, 5.74) is 2.26. The van der Waals surface area contributed by atoms with E-state index in [0.29, 0.717) is 49.3 Å². The Labute approximate surface area is 265 Å². The van der Waals surface area contributed by atoms with Crippen LogP contribution in [0, 0.1) is 5.82 Å². The molecule has 1 saturated heterocycles. The molecule has 0 unspecified atom stereocenters. The summed E-state index contributed by atoms with van der Waals surface area (Å²) in [7, 11) is 0. The predicted molar refractivity (Wildman–Crippen MR) is 174 cm³/mol. The van der Waals surface area contributed by atoms with E-state index >= 15 is 0 Å². The zero-order chi connectivity index (χ0) is 32.4. The van der Waals surface area contributed by atoms with Crippen LogP contribution < -0.4 is 15.5 Å². The normalized spacial score (nSPS) is 13.5. The Morgan fingerprint density at radius 2 is 1.61 bits per heavy atom. The third-order valence-electron chi connectivity index (χ3n) is 7.63. The highest BCUT2D eigenvalue weighted by atomic mass is 19.1. The summed E-state index contributed by atoms with van der Waals surface area (Å²) in [4.78, 5) is 36.0. The molecule has 2 aromatic heterocycles. The Bertz CT molecular complexity index is 1910. The number of nitrogens with zero attached hydrogens (tertiary/aromatic N) is 3. The smallest absolute Gasteiger partial charge is 0.323 e. The van der Waals surface area contributed by atoms with Crippen LogP contribution in [0.1, 0.15) is 32.1 Å². The number of furan rings is 1. The highest BCUT2D eigenvalue weighted by Crippen LogP contribution is 2.34. The number of benzene rings is 3. The number of carbonyl (C=O) groups excluding carboxylic acids is 2. The first kappa shape index (κ1) is 30.9. The van der Waals surface area contributed by atoms with Gasteiger partial charge in [0.15, 0.2) is 5.82 Å². The molecule has 0 saturated carbocycles. The minimum atomic E-state index is -1.10. The van der Waals surface area contributed by atoms with Crippen molar-refractivity contribution in [2.24, 2.45) is 0 Å². The predicted octanol–water partition coefficient (Wildman–Crippen LogP) is 6.54. The van der Waals surface area contributed by atoms with Gasteiger partial charge >= 0.3 is 6.03 Å². The van der Waals surface area contributed by atoms with Gasteiger partial charge < -0.3 is 29.8 Å². The van der Waals surface area contributed by atoms with Crippen molar-refractivity contribution in [1.29, 1.82) is 0 Å². The lowest BCUT2D eigenvalue weighted by Gasteiger charge is -2.29. The molecular weight excluding hydrogens is 589 g/mol. The third-order valence-corrected chi connectivity index (χ3v) is 7.63. The van der Waals surface area contributed by atoms with Crippen molar-refractivity contribution in [3.63, 3.8) is 0 Å². The van der Waals surface area contributed by atoms with Gasteiger partial charge in [0.1, 0.15) is 34.5 Å². The van der Waals surface area contributed by atoms with Crippen LogP contribution in [0.4, 0.5) is 26.4 Å². The zero-order valence-corrected chi connectivity index (χ0v) is 25.8. The maximum Gasteiger partial charge on any atom is 0.323 e. The van der Waals surface area contributed by atoms with Crippen LogP contribution in [0.15, 0.2) is 77.2 Å². The number of aromatic nitrogens is 2. The number of morpholine rings is 1. The monoisotopic (exact) mass is 623 g/mol. The van der Waals surface area contributed by atoms with E-state index in [1.54, 1.807) is 38.1 Å². The van der Waals surface area contributed by atoms with Gasteiger partial charge in [0, 0.05) is 47.4 Å². The number of amides is 2. The summed E-state index contributed by atoms with van der Waals surface area (Å²) in [5, 5.41) is 16.6. The van der Waals surface area contributed by atoms with E-state index < -0.39 is 17.4 Å². The number of halogens is 1. The lowest BCUT2D eigenvalue weighted by Crippen LogP contribution is -2.37. The van der Waals surface area contributed by atoms with Crippen LogP contribution in [0.3, 0.4) is 0 Å². The van der Waals surface area contributed by atoms with Crippen LogP contribution in [0.2, 0.25) is 0 Å². The first-order chi connectivity index (χ1) is 22.0. The largest absolute Gasteiger partial charge is 0.458 e. The molecule has 0 bridgehead atoms. The topological polar surface area (TPSA) is 130 Å². The van der Waals surface area contributed by atoms with E-state index in [1.807, 2.05) is 36.4 Å². The van der Waals surface area contributed by atoms with E-state index in [2.05, 4.69) is 15.5 Å². The van der Waals surface area contributed by atoms with E-state index in [0.717, 1.165) is 27.8 Å². The number of fused-ring (bicyclic) bond motifs is 1. The van der Waals surface area contributed by atoms with E-state index in [4.69, 9.17) is 19.1 Å². The van der Waals surface area contributed by atoms with Gasteiger partial charge in [0.2, 0.25) is 0 Å². The molecule has 0 radical (unpaired) electrons. The summed E-state index contributed by atoms with van der Waals surface area (Å²) in [6, 6.07) is 20.3. The number of nitrogens with one attached hydrogen (secondary N) is 2. The minimum Gasteiger partial charge on any atom is -0.458 e. The first-order valence-corrected chi connectivity index (χ1v) is 15.0. The summed E-state index contributed by atoms with van der Waals surface area (Å²) in [6.07, 6.45) is -0.00534. The van der Waals surface area contributed by atoms with E-state index in [9.17, 15) is 19.1 Å². The molecular formula is C35H34FN5O5. The Morgan fingerprint density at radius 3 is 2.28 bits per heavy atom. The van der Waals surface area contributed by atoms with Gasteiger partial charge in [-0.05, 0) is 87.0 Å². The average Bonchev–Trinajstić information content (AvgIpc) is 3.54. The molecule has 3 aromatic carbocycles. The van der Waals surface area contributed by atoms with E-state index in [-0.39, 0.29) is 23.5 Å². The Balaban J connectivity index is 1.25. The molecule has 1 aliphatic rings. The number of hydrogen-bond acceptors (Lipinski definition) is 8. The highest BCUT2D eigenvalue weighted by molar-refractivity contribution is 6.00. The number of rotatable bonds is 8. The van der Waals surface area contributed by atoms with Crippen molar-refractivity contribution in [1.82, 2.24) is 9.97 Å². The number of urea groups is 1. The van der Waals surface area contributed by atoms with Gasteiger partial charge in [-0.2, -0.15) is 0 Å². The second-order valence-corrected chi connectivity index (χ2v) is 11.8. The molecule has 0 atom stereocenters. The lowest BCUT2D eigenvalue weighted by molar-refractivity contribution is -0.116. The fourth-order valence-corrected chi connectivity index (χ4v) is 5.27. The quantitative estimate of drug-likeness (QED) is 0.178. The Kier molecular flexibility index (Phi) is 8.53. The van der Waals surface area contributed by atoms with Gasteiger partial charge in [-0.1, -0.05) is 12.1 Å². The fourth-order valence-electron chi connectivity index (χ4n) is 5.27. The van der Waals surface area contributed by atoms with Crippen LogP contribution in [0.25, 0.3) is 33.6 Å². The number of ketones is 1. The van der Waals surface area contributed by atoms with Crippen molar-refractivity contribution in [2.75, 3.05) is 41.8 Å². The average molecular weight is 624 g/mol. The summed E-state index contributed by atoms with van der Waals surface area (Å²) >= 11 is 0. The maximum absolute atomic E-state index is 14.3. The third kappa shape index (κ3) is 6.90. The molecule has 3 heterocycles. The number of hydrogen-bond donors (Lipinski definition) is 3. The van der Waals surface area contributed by atoms with Crippen LogP contribution >= 0.6 is 0 Å². The van der Waals surface area contributed by atoms with Gasteiger partial charge in [-0.15, -0.1) is 0 Å². The molecule has 2 amide bonds. The van der Waals surface area contributed by atoms with Crippen molar-refractivity contribution in [3.05, 3.63) is 89.9 Å². The van der Waals surface area contributed by atoms with Gasteiger partial charge in [0.05, 0.1) is 18.7 Å². The van der Waals surface area contributed by atoms with Crippen LogP contribution in [0.5, 0.6) is 0 Å². The molecule has 236 valence electrons. The number of anilines is 3. The number of Topliss-reactive ketones (excluding diaryl/α,β-unsaturated/α-hetero) is 1. The van der Waals surface area contributed by atoms with Crippen LogP contribution in [-0.2, 0) is 21.6 Å². The van der Waals surface area contributed by atoms with E-state index in [1.165, 1.54) is 19.1 Å². The second kappa shape index (κ2) is 12.7. The van der Waals surface area contributed by atoms with Gasteiger partial charge in [0.25, 0.3) is 0 Å². The Hall–Kier alpha value is -5.13. The lowest BCUT2D eigenvalue weighted by atomic mass is 10.1. The molecule has 11 heteroatoms. The molecule has 46 heavy (non-hydrogen) atoms. The molecule has 1 fully saturated rings. The summed E-state index contributed by atoms with van der Waals surface area (Å²) < 4.78 is 25.9. The minimum absolute atomic E-state index is 0.00534. The second-order valence-electron chi connectivity index (χ2n) is 11.8. The van der Waals surface area contributed by atoms with Crippen molar-refractivity contribution in [2.45, 2.75) is 32.8 Å². The van der Waals surface area contributed by atoms with Crippen molar-refractivity contribution in [3.8, 4) is 22.7 Å². The summed E-state index contributed by atoms with van der Waals surface area (Å²) in [5.74, 6) is 1.70. The van der Waals surface area contributed by atoms with Gasteiger partial charge in [-0.3, -0.25) is 4.79 Å². The molecule has 1 aliphatic heterocycles. The Morgan fingerprint density at radius 1 is 0.913 bits per heavy atom. The van der Waals surface area contributed by atoms with Crippen LogP contribution in [-0.4, -0.2) is 53.2 Å². The SMILES string of the molecule is CC(=O)Cc1ccc(NC(=O)Nc2ccc(-c3nc(N4CCOCC4)c4ccc(-c5ccc(C(C)(C)O)o5)cc4n3)cc2)cc1F. The highest BCUT2D eigenvalue weighted by Gasteiger charge is 2.22. The molecule has 6 rings (SSSR count). The summed E-state index contributed by atoms with van der Waals surface area (Å²) in [6.45, 7) is 7.34. The first-order valence-electron chi connectivity index (χ1n) is 15.0. The zero-order valence-electron chi connectivity index (χ0n) is 25.8. The number of ether oxygens (including phenoxy) is 1.